The number of carboxylic acids is 2. The van der Waals surface area contributed by atoms with Crippen LogP contribution in [0.4, 0.5) is 0 Å². The van der Waals surface area contributed by atoms with Crippen LogP contribution < -0.4 is 21.3 Å². The van der Waals surface area contributed by atoms with Crippen LogP contribution in [0, 0.1) is 5.92 Å². The van der Waals surface area contributed by atoms with Gasteiger partial charge in [-0.3, -0.25) is 19.2 Å². The summed E-state index contributed by atoms with van der Waals surface area (Å²) in [5.74, 6) is -4.67. The molecule has 4 atom stereocenters. The Kier molecular flexibility index (Phi) is 9.98. The number of amides is 3. The van der Waals surface area contributed by atoms with E-state index in [-0.39, 0.29) is 18.8 Å². The first-order chi connectivity index (χ1) is 16.1. The Hall–Kier alpha value is -3.48. The van der Waals surface area contributed by atoms with Gasteiger partial charge < -0.3 is 36.5 Å². The topological polar surface area (TPSA) is 203 Å². The molecule has 0 radical (unpaired) electrons. The minimum Gasteiger partial charge on any atom is -0.481 e. The Labute approximate surface area is 196 Å². The van der Waals surface area contributed by atoms with Crippen LogP contribution in [0.1, 0.15) is 45.2 Å². The van der Waals surface area contributed by atoms with Crippen LogP contribution in [0.15, 0.2) is 12.5 Å². The van der Waals surface area contributed by atoms with E-state index < -0.39 is 60.2 Å². The van der Waals surface area contributed by atoms with Crippen LogP contribution in [0.5, 0.6) is 0 Å². The average molecular weight is 481 g/mol. The summed E-state index contributed by atoms with van der Waals surface area (Å²) in [5.41, 5.74) is 0.491. The summed E-state index contributed by atoms with van der Waals surface area (Å²) in [4.78, 5) is 67.9. The van der Waals surface area contributed by atoms with E-state index in [0.717, 1.165) is 6.42 Å². The lowest BCUT2D eigenvalue weighted by atomic mass is 10.0. The number of rotatable bonds is 13. The van der Waals surface area contributed by atoms with Gasteiger partial charge in [-0.25, -0.2) is 9.78 Å². The van der Waals surface area contributed by atoms with Crippen LogP contribution in [0.2, 0.25) is 0 Å². The molecule has 1 aromatic heterocycles. The van der Waals surface area contributed by atoms with E-state index in [4.69, 9.17) is 0 Å². The van der Waals surface area contributed by atoms with Crippen LogP contribution in [0.25, 0.3) is 0 Å². The average Bonchev–Trinajstić information content (AvgIpc) is 3.45. The van der Waals surface area contributed by atoms with Crippen LogP contribution in [-0.2, 0) is 30.4 Å². The number of aromatic nitrogens is 2. The summed E-state index contributed by atoms with van der Waals surface area (Å²) in [6.07, 6.45) is 3.60. The number of H-pyrrole nitrogens is 1. The molecule has 0 aliphatic carbocycles. The fraction of sp³-hybridized carbons (Fsp3) is 0.619. The number of nitrogens with one attached hydrogen (secondary N) is 5. The second-order valence-corrected chi connectivity index (χ2v) is 8.68. The predicted octanol–water partition coefficient (Wildman–Crippen LogP) is -1.24. The highest BCUT2D eigenvalue weighted by atomic mass is 16.4. The van der Waals surface area contributed by atoms with Crippen LogP contribution >= 0.6 is 0 Å². The van der Waals surface area contributed by atoms with Crippen molar-refractivity contribution in [3.8, 4) is 0 Å². The zero-order chi connectivity index (χ0) is 25.3. The zero-order valence-corrected chi connectivity index (χ0v) is 19.2. The van der Waals surface area contributed by atoms with E-state index in [1.807, 2.05) is 13.8 Å². The quantitative estimate of drug-likeness (QED) is 0.180. The van der Waals surface area contributed by atoms with Gasteiger partial charge in [-0.15, -0.1) is 0 Å². The van der Waals surface area contributed by atoms with Gasteiger partial charge in [0.25, 0.3) is 0 Å². The molecule has 7 N–H and O–H groups in total. The molecule has 13 nitrogen and oxygen atoms in total. The summed E-state index contributed by atoms with van der Waals surface area (Å²) in [6, 6.07) is -4.35. The largest absolute Gasteiger partial charge is 0.481 e. The summed E-state index contributed by atoms with van der Waals surface area (Å²) >= 11 is 0. The molecule has 2 heterocycles. The monoisotopic (exact) mass is 480 g/mol. The molecule has 1 aliphatic heterocycles. The molecule has 13 heteroatoms. The summed E-state index contributed by atoms with van der Waals surface area (Å²) in [6.45, 7) is 4.26. The highest BCUT2D eigenvalue weighted by Crippen LogP contribution is 2.08. The molecule has 1 fully saturated rings. The molecule has 1 aromatic rings. The molecule has 1 aliphatic rings. The predicted molar refractivity (Wildman–Crippen MR) is 118 cm³/mol. The third-order valence-corrected chi connectivity index (χ3v) is 5.32. The Balaban J connectivity index is 2.16. The van der Waals surface area contributed by atoms with Crippen molar-refractivity contribution >= 4 is 29.7 Å². The van der Waals surface area contributed by atoms with Crippen LogP contribution in [0.3, 0.4) is 0 Å². The van der Waals surface area contributed by atoms with Crippen LogP contribution in [-0.4, -0.2) is 80.6 Å². The molecule has 0 aromatic carbocycles. The third kappa shape index (κ3) is 8.46. The molecule has 34 heavy (non-hydrogen) atoms. The lowest BCUT2D eigenvalue weighted by Crippen LogP contribution is -2.58. The van der Waals surface area contributed by atoms with Crippen molar-refractivity contribution in [2.24, 2.45) is 5.92 Å². The number of carbonyl (C=O) groups is 5. The smallest absolute Gasteiger partial charge is 0.326 e. The molecular weight excluding hydrogens is 448 g/mol. The van der Waals surface area contributed by atoms with Gasteiger partial charge in [0.1, 0.15) is 18.1 Å². The first-order valence-corrected chi connectivity index (χ1v) is 11.1. The Morgan fingerprint density at radius 2 is 1.74 bits per heavy atom. The van der Waals surface area contributed by atoms with E-state index in [1.165, 1.54) is 12.5 Å². The summed E-state index contributed by atoms with van der Waals surface area (Å²) < 4.78 is 0. The number of aliphatic carboxylic acids is 2. The van der Waals surface area contributed by atoms with E-state index in [1.54, 1.807) is 0 Å². The third-order valence-electron chi connectivity index (χ3n) is 5.32. The van der Waals surface area contributed by atoms with E-state index in [2.05, 4.69) is 31.2 Å². The zero-order valence-electron chi connectivity index (χ0n) is 19.2. The number of hydrogen-bond acceptors (Lipinski definition) is 7. The minimum atomic E-state index is -1.42. The molecular formula is C21H32N6O7. The Morgan fingerprint density at radius 3 is 2.26 bits per heavy atom. The van der Waals surface area contributed by atoms with Gasteiger partial charge in [-0.1, -0.05) is 13.8 Å². The molecule has 1 saturated heterocycles. The maximum atomic E-state index is 12.9. The fourth-order valence-corrected chi connectivity index (χ4v) is 3.63. The number of aromatic amines is 1. The molecule has 3 amide bonds. The highest BCUT2D eigenvalue weighted by molar-refractivity contribution is 5.95. The number of hydrogen-bond donors (Lipinski definition) is 7. The van der Waals surface area contributed by atoms with Gasteiger partial charge in [-0.05, 0) is 31.7 Å². The second kappa shape index (κ2) is 12.7. The SMILES string of the molecule is CC(C)CC(NC(=O)C(Cc1cnc[nH]1)NC(=O)C(CC(=O)O)NC(=O)C1CCCN1)C(=O)O. The highest BCUT2D eigenvalue weighted by Gasteiger charge is 2.33. The second-order valence-electron chi connectivity index (χ2n) is 8.68. The maximum Gasteiger partial charge on any atom is 0.326 e. The number of imidazole rings is 1. The molecule has 0 saturated carbocycles. The first-order valence-electron chi connectivity index (χ1n) is 11.1. The number of carbonyl (C=O) groups excluding carboxylic acids is 3. The molecule has 4 unspecified atom stereocenters. The van der Waals surface area contributed by atoms with E-state index in [9.17, 15) is 34.2 Å². The van der Waals surface area contributed by atoms with Crippen molar-refractivity contribution in [3.63, 3.8) is 0 Å². The number of carboxylic acid groups (broad SMARTS) is 2. The fourth-order valence-electron chi connectivity index (χ4n) is 3.63. The van der Waals surface area contributed by atoms with Crippen molar-refractivity contribution < 1.29 is 34.2 Å². The van der Waals surface area contributed by atoms with Gasteiger partial charge in [-0.2, -0.15) is 0 Å². The Morgan fingerprint density at radius 1 is 1.06 bits per heavy atom. The lowest BCUT2D eigenvalue weighted by molar-refractivity contribution is -0.143. The first kappa shape index (κ1) is 26.8. The van der Waals surface area contributed by atoms with E-state index >= 15 is 0 Å². The molecule has 0 spiro atoms. The van der Waals surface area contributed by atoms with Gasteiger partial charge in [0.2, 0.25) is 17.7 Å². The minimum absolute atomic E-state index is 0.0126. The lowest BCUT2D eigenvalue weighted by Gasteiger charge is -2.25. The number of nitrogens with zero attached hydrogens (tertiary/aromatic N) is 1. The van der Waals surface area contributed by atoms with Gasteiger partial charge >= 0.3 is 11.9 Å². The van der Waals surface area contributed by atoms with Gasteiger partial charge in [0, 0.05) is 18.3 Å². The van der Waals surface area contributed by atoms with Crippen molar-refractivity contribution in [2.75, 3.05) is 6.54 Å². The van der Waals surface area contributed by atoms with Gasteiger partial charge in [0.05, 0.1) is 18.8 Å². The molecule has 0 bridgehead atoms. The van der Waals surface area contributed by atoms with Gasteiger partial charge in [0.15, 0.2) is 0 Å². The van der Waals surface area contributed by atoms with Crippen molar-refractivity contribution in [2.45, 2.75) is 70.1 Å². The molecule has 188 valence electrons. The standard InChI is InChI=1S/C21H32N6O7/c1-11(2)6-16(21(33)34)27-19(31)14(7-12-9-22-10-24-12)25-20(32)15(8-17(28)29)26-18(30)13-4-3-5-23-13/h9-11,13-16,23H,3-8H2,1-2H3,(H,22,24)(H,25,32)(H,26,30)(H,27,31)(H,28,29)(H,33,34). The van der Waals surface area contributed by atoms with Crippen molar-refractivity contribution in [1.82, 2.24) is 31.2 Å². The normalized spacial score (nSPS) is 18.0. The Bertz CT molecular complexity index is 867. The summed E-state index contributed by atoms with van der Waals surface area (Å²) in [7, 11) is 0. The van der Waals surface area contributed by atoms with Crippen molar-refractivity contribution in [1.29, 1.82) is 0 Å². The van der Waals surface area contributed by atoms with Crippen molar-refractivity contribution in [3.05, 3.63) is 18.2 Å². The molecule has 2 rings (SSSR count). The maximum absolute atomic E-state index is 12.9. The summed E-state index contributed by atoms with van der Waals surface area (Å²) in [5, 5.41) is 29.0. The van der Waals surface area contributed by atoms with E-state index in [0.29, 0.717) is 18.7 Å².